The standard InChI is InChI=1S/C27H38INO3SSi.3C4H9.Sn/c1-8-24(20-22-32-34(6,7)27(3,4)5)13-12-21-29(28-25-14-10-9-11-15-25)33(30,31)26-18-16-23(2)17-19-26;3*1-3-4-2;/h9-11,14-19,24H,12-13,20-22H2,2-7H3;3*1,3-4H2,2H3;/q+1;;;;. The van der Waals surface area contributed by atoms with E-state index in [-0.39, 0.29) is 11.0 Å². The first-order valence-corrected chi connectivity index (χ1v) is 32.0. The van der Waals surface area contributed by atoms with Gasteiger partial charge in [-0.15, -0.1) is 0 Å². The van der Waals surface area contributed by atoms with Crippen molar-refractivity contribution >= 4 is 36.7 Å². The quantitative estimate of drug-likeness (QED) is 0.0552. The van der Waals surface area contributed by atoms with Crippen molar-refractivity contribution in [1.29, 1.82) is 0 Å². The molecule has 0 aliphatic heterocycles. The average molecular weight is 902 g/mol. The van der Waals surface area contributed by atoms with Crippen LogP contribution in [0.15, 0.2) is 59.5 Å². The maximum atomic E-state index is 14.0. The van der Waals surface area contributed by atoms with Gasteiger partial charge in [0.15, 0.2) is 0 Å². The summed E-state index contributed by atoms with van der Waals surface area (Å²) in [5.41, 5.74) is 1.06. The third-order valence-electron chi connectivity index (χ3n) is 9.69. The monoisotopic (exact) mass is 902 g/mol. The first-order valence-electron chi connectivity index (χ1n) is 18.2. The third-order valence-corrected chi connectivity index (χ3v) is 33.3. The van der Waals surface area contributed by atoms with Crippen LogP contribution in [0, 0.1) is 26.3 Å². The predicted octanol–water partition coefficient (Wildman–Crippen LogP) is 8.06. The fraction of sp³-hybridized carbons (Fsp3) is 0.641. The average Bonchev–Trinajstić information content (AvgIpc) is 3.03. The summed E-state index contributed by atoms with van der Waals surface area (Å²) in [5.74, 6) is 4.17. The Morgan fingerprint density at radius 2 is 1.40 bits per heavy atom. The van der Waals surface area contributed by atoms with E-state index in [4.69, 9.17) is 4.43 Å². The van der Waals surface area contributed by atoms with Gasteiger partial charge < -0.3 is 0 Å². The molecular weight excluding hydrogens is 836 g/mol. The molecule has 0 spiro atoms. The Balaban J connectivity index is 2.37. The van der Waals surface area contributed by atoms with Crippen molar-refractivity contribution in [3.63, 3.8) is 0 Å². The van der Waals surface area contributed by atoms with Crippen LogP contribution in [0.25, 0.3) is 0 Å². The van der Waals surface area contributed by atoms with Crippen LogP contribution in [0.3, 0.4) is 0 Å². The molecule has 0 fully saturated rings. The molecular formula is C39H65INO3SSiSn+. The topological polar surface area (TPSA) is 46.6 Å². The van der Waals surface area contributed by atoms with Crippen LogP contribution in [0.2, 0.25) is 31.4 Å². The van der Waals surface area contributed by atoms with Crippen molar-refractivity contribution in [2.24, 2.45) is 5.92 Å². The Bertz CT molecular complexity index is 1310. The Morgan fingerprint density at radius 1 is 0.851 bits per heavy atom. The van der Waals surface area contributed by atoms with E-state index < -0.39 is 58.2 Å². The summed E-state index contributed by atoms with van der Waals surface area (Å²) < 4.78 is 45.8. The fourth-order valence-electron chi connectivity index (χ4n) is 5.40. The molecule has 0 aliphatic carbocycles. The van der Waals surface area contributed by atoms with Crippen LogP contribution in [0.1, 0.15) is 105 Å². The summed E-state index contributed by atoms with van der Waals surface area (Å²) in [6.07, 6.45) is 10.3. The molecule has 0 N–H and O–H groups in total. The van der Waals surface area contributed by atoms with Crippen LogP contribution in [0.4, 0.5) is 0 Å². The zero-order valence-electron chi connectivity index (χ0n) is 31.1. The van der Waals surface area contributed by atoms with Gasteiger partial charge in [0.05, 0.1) is 0 Å². The van der Waals surface area contributed by atoms with E-state index >= 15 is 0 Å². The fourth-order valence-corrected chi connectivity index (χ4v) is 25.1. The Labute approximate surface area is 306 Å². The molecule has 2 aromatic carbocycles. The van der Waals surface area contributed by atoms with Gasteiger partial charge in [-0.05, 0) is 6.92 Å². The van der Waals surface area contributed by atoms with Gasteiger partial charge in [-0.2, -0.15) is 0 Å². The van der Waals surface area contributed by atoms with Gasteiger partial charge in [-0.1, -0.05) is 0 Å². The number of unbranched alkanes of at least 4 members (excludes halogenated alkanes) is 3. The van der Waals surface area contributed by atoms with Crippen molar-refractivity contribution in [3.05, 3.63) is 63.7 Å². The number of hydrogen-bond acceptors (Lipinski definition) is 3. The summed E-state index contributed by atoms with van der Waals surface area (Å²) in [6.45, 7) is 21.8. The van der Waals surface area contributed by atoms with Gasteiger partial charge in [0.25, 0.3) is 0 Å². The molecule has 2 aromatic rings. The summed E-state index contributed by atoms with van der Waals surface area (Å²) in [5, 5.41) is 0.173. The molecule has 0 aromatic heterocycles. The number of sulfonamides is 1. The minimum absolute atomic E-state index is 0.173. The number of halogens is 1. The zero-order chi connectivity index (χ0) is 35.0. The molecule has 2 rings (SSSR count). The molecule has 0 bridgehead atoms. The molecule has 8 heteroatoms. The summed E-state index contributed by atoms with van der Waals surface area (Å²) in [7, 11) is -5.46. The number of rotatable bonds is 21. The van der Waals surface area contributed by atoms with Gasteiger partial charge in [0.1, 0.15) is 0 Å². The van der Waals surface area contributed by atoms with E-state index in [1.807, 2.05) is 37.3 Å². The molecule has 0 radical (unpaired) electrons. The zero-order valence-corrected chi connectivity index (χ0v) is 38.0. The van der Waals surface area contributed by atoms with E-state index in [9.17, 15) is 8.42 Å². The van der Waals surface area contributed by atoms with Crippen molar-refractivity contribution in [1.82, 2.24) is 2.52 Å². The van der Waals surface area contributed by atoms with Crippen molar-refractivity contribution in [2.75, 3.05) is 13.2 Å². The van der Waals surface area contributed by atoms with E-state index in [1.165, 1.54) is 51.8 Å². The maximum absolute atomic E-state index is 14.0. The van der Waals surface area contributed by atoms with Gasteiger partial charge >= 0.3 is 302 Å². The summed E-state index contributed by atoms with van der Waals surface area (Å²) in [4.78, 5) is 0.388. The summed E-state index contributed by atoms with van der Waals surface area (Å²) >= 11 is -3.52. The van der Waals surface area contributed by atoms with Crippen molar-refractivity contribution in [3.8, 4) is 9.86 Å². The first kappa shape index (κ1) is 42.8. The normalized spacial score (nSPS) is 13.4. The van der Waals surface area contributed by atoms with E-state index in [0.717, 1.165) is 35.0 Å². The number of aryl methyl sites for hydroxylation is 1. The molecule has 4 nitrogen and oxygen atoms in total. The summed E-state index contributed by atoms with van der Waals surface area (Å²) in [6, 6.07) is 17.4. The number of nitrogens with zero attached hydrogens (tertiary/aromatic N) is 1. The van der Waals surface area contributed by atoms with Crippen LogP contribution < -0.4 is 21.5 Å². The second-order valence-electron chi connectivity index (χ2n) is 14.8. The van der Waals surface area contributed by atoms with Crippen LogP contribution in [0.5, 0.6) is 0 Å². The third kappa shape index (κ3) is 14.8. The van der Waals surface area contributed by atoms with Crippen molar-refractivity contribution in [2.45, 2.75) is 143 Å². The van der Waals surface area contributed by atoms with E-state index in [2.05, 4.69) is 76.6 Å². The van der Waals surface area contributed by atoms with Crippen LogP contribution >= 0.6 is 0 Å². The SMILES string of the molecule is CCC[CH2][Sn]([C]#CC(CCCN([I+]c1ccccc1)S(=O)(=O)c1ccc(C)cc1)CCO[Si](C)(C)C(C)(C)C)([CH2]CCC)[CH2]CCC. The van der Waals surface area contributed by atoms with Gasteiger partial charge in [-0.25, -0.2) is 0 Å². The van der Waals surface area contributed by atoms with Crippen LogP contribution in [-0.2, 0) is 14.4 Å². The van der Waals surface area contributed by atoms with E-state index in [1.54, 1.807) is 14.7 Å². The minimum atomic E-state index is -3.60. The first-order chi connectivity index (χ1) is 22.2. The number of benzene rings is 2. The van der Waals surface area contributed by atoms with E-state index in [0.29, 0.717) is 11.4 Å². The molecule has 0 heterocycles. The van der Waals surface area contributed by atoms with Crippen molar-refractivity contribution < 1.29 is 34.3 Å². The number of hydrogen-bond donors (Lipinski definition) is 0. The Hall–Kier alpha value is -0.384. The molecule has 0 amide bonds. The van der Waals surface area contributed by atoms with Gasteiger partial charge in [0, 0.05) is 0 Å². The molecule has 0 aliphatic rings. The molecule has 1 unspecified atom stereocenters. The molecule has 264 valence electrons. The molecule has 47 heavy (non-hydrogen) atoms. The Kier molecular flexibility index (Phi) is 19.2. The molecule has 0 saturated heterocycles. The van der Waals surface area contributed by atoms with Crippen LogP contribution in [-0.4, -0.2) is 50.8 Å². The Morgan fingerprint density at radius 3 is 1.91 bits per heavy atom. The van der Waals surface area contributed by atoms with Gasteiger partial charge in [0.2, 0.25) is 0 Å². The second kappa shape index (κ2) is 21.1. The predicted molar refractivity (Wildman–Crippen MR) is 203 cm³/mol. The second-order valence-corrected chi connectivity index (χ2v) is 37.3. The molecule has 1 atom stereocenters. The van der Waals surface area contributed by atoms with Gasteiger partial charge in [-0.3, -0.25) is 0 Å². The molecule has 0 saturated carbocycles.